The lowest BCUT2D eigenvalue weighted by molar-refractivity contribution is 0.0706. The molecule has 1 amide bonds. The van der Waals surface area contributed by atoms with Crippen molar-refractivity contribution in [1.29, 1.82) is 0 Å². The number of benzene rings is 1. The van der Waals surface area contributed by atoms with E-state index in [4.69, 9.17) is 5.21 Å². The molecular weight excluding hydrogens is 338 g/mol. The largest absolute Gasteiger partial charge is 0.328 e. The Morgan fingerprint density at radius 2 is 2.04 bits per heavy atom. The predicted octanol–water partition coefficient (Wildman–Crippen LogP) is 4.35. The first-order valence-corrected chi connectivity index (χ1v) is 8.60. The average molecular weight is 359 g/mol. The minimum atomic E-state index is -0.522. The van der Waals surface area contributed by atoms with Gasteiger partial charge in [0.2, 0.25) is 0 Å². The van der Waals surface area contributed by atoms with Gasteiger partial charge in [0.1, 0.15) is 5.65 Å². The summed E-state index contributed by atoms with van der Waals surface area (Å²) in [6.07, 6.45) is 11.6. The number of fused-ring (bicyclic) bond motifs is 1. The highest BCUT2D eigenvalue weighted by molar-refractivity contribution is 5.93. The Bertz CT molecular complexity index is 1030. The molecule has 2 heterocycles. The molecule has 0 saturated carbocycles. The predicted molar refractivity (Wildman–Crippen MR) is 108 cm³/mol. The Balaban J connectivity index is 1.86. The third-order valence-corrected chi connectivity index (χ3v) is 4.29. The van der Waals surface area contributed by atoms with Crippen LogP contribution in [0.2, 0.25) is 0 Å². The van der Waals surface area contributed by atoms with E-state index in [1.54, 1.807) is 17.6 Å². The van der Waals surface area contributed by atoms with Crippen LogP contribution in [0, 0.1) is 0 Å². The van der Waals surface area contributed by atoms with Gasteiger partial charge in [-0.15, -0.1) is 0 Å². The molecular formula is C22H21N3O2. The molecule has 2 N–H and O–H groups in total. The van der Waals surface area contributed by atoms with Crippen LogP contribution in [0.5, 0.6) is 0 Å². The van der Waals surface area contributed by atoms with Gasteiger partial charge in [-0.1, -0.05) is 43.0 Å². The van der Waals surface area contributed by atoms with Crippen LogP contribution in [0.15, 0.2) is 79.7 Å². The van der Waals surface area contributed by atoms with Gasteiger partial charge >= 0.3 is 0 Å². The van der Waals surface area contributed by atoms with E-state index in [1.807, 2.05) is 61.8 Å². The lowest BCUT2D eigenvalue weighted by Gasteiger charge is -2.07. The number of allylic oxidation sites excluding steroid dienone is 5. The zero-order valence-corrected chi connectivity index (χ0v) is 15.1. The van der Waals surface area contributed by atoms with Crippen molar-refractivity contribution >= 4 is 22.5 Å². The number of rotatable bonds is 6. The van der Waals surface area contributed by atoms with E-state index in [9.17, 15) is 4.79 Å². The summed E-state index contributed by atoms with van der Waals surface area (Å²) in [5.41, 5.74) is 6.01. The summed E-state index contributed by atoms with van der Waals surface area (Å²) < 4.78 is 2.06. The molecule has 3 rings (SSSR count). The number of pyridine rings is 1. The first-order chi connectivity index (χ1) is 13.2. The standard InChI is InChI=1S/C22H21N3O2/c1-3-5-6-17(4-2)20-13-19-11-12-25(21(19)23-14-20)15-16-7-9-18(10-8-16)22(26)24-27/h3-14,27H,2,15H2,1H3,(H,24,26)/b5-3-,17-6+. The van der Waals surface area contributed by atoms with E-state index in [2.05, 4.69) is 22.2 Å². The Morgan fingerprint density at radius 1 is 1.26 bits per heavy atom. The van der Waals surface area contributed by atoms with Gasteiger partial charge in [0, 0.05) is 35.5 Å². The number of hydrogen-bond acceptors (Lipinski definition) is 3. The van der Waals surface area contributed by atoms with Gasteiger partial charge in [-0.25, -0.2) is 10.5 Å². The Hall–Kier alpha value is -3.44. The van der Waals surface area contributed by atoms with Crippen LogP contribution in [-0.2, 0) is 6.54 Å². The minimum absolute atomic E-state index is 0.409. The summed E-state index contributed by atoms with van der Waals surface area (Å²) in [4.78, 5) is 16.0. The van der Waals surface area contributed by atoms with Crippen molar-refractivity contribution in [3.05, 3.63) is 96.4 Å². The SMILES string of the molecule is C=C/C(=C\C=C/C)c1cnc2c(ccn2Cc2ccc(C(=O)NO)cc2)c1. The van der Waals surface area contributed by atoms with E-state index in [1.165, 1.54) is 0 Å². The number of carbonyl (C=O) groups is 1. The zero-order valence-electron chi connectivity index (χ0n) is 15.1. The van der Waals surface area contributed by atoms with Gasteiger partial charge in [0.15, 0.2) is 0 Å². The van der Waals surface area contributed by atoms with E-state index in [0.29, 0.717) is 12.1 Å². The molecule has 27 heavy (non-hydrogen) atoms. The molecule has 1 aromatic carbocycles. The molecule has 0 atom stereocenters. The highest BCUT2D eigenvalue weighted by atomic mass is 16.5. The van der Waals surface area contributed by atoms with Gasteiger partial charge in [-0.3, -0.25) is 10.0 Å². The quantitative estimate of drug-likeness (QED) is 0.391. The van der Waals surface area contributed by atoms with Crippen LogP contribution >= 0.6 is 0 Å². The molecule has 5 heteroatoms. The number of amides is 1. The van der Waals surface area contributed by atoms with Crippen LogP contribution in [-0.4, -0.2) is 20.7 Å². The van der Waals surface area contributed by atoms with Crippen molar-refractivity contribution in [2.75, 3.05) is 0 Å². The summed E-state index contributed by atoms with van der Waals surface area (Å²) in [6.45, 7) is 6.49. The maximum atomic E-state index is 11.4. The number of hydroxylamine groups is 1. The van der Waals surface area contributed by atoms with E-state index >= 15 is 0 Å². The lowest BCUT2D eigenvalue weighted by Crippen LogP contribution is -2.18. The fourth-order valence-corrected chi connectivity index (χ4v) is 2.87. The van der Waals surface area contributed by atoms with E-state index < -0.39 is 5.91 Å². The topological polar surface area (TPSA) is 67.2 Å². The maximum Gasteiger partial charge on any atom is 0.274 e. The van der Waals surface area contributed by atoms with Crippen molar-refractivity contribution in [3.63, 3.8) is 0 Å². The fraction of sp³-hybridized carbons (Fsp3) is 0.0909. The zero-order chi connectivity index (χ0) is 19.2. The third-order valence-electron chi connectivity index (χ3n) is 4.29. The third kappa shape index (κ3) is 4.04. The summed E-state index contributed by atoms with van der Waals surface area (Å²) >= 11 is 0. The summed E-state index contributed by atoms with van der Waals surface area (Å²) in [5, 5.41) is 9.74. The van der Waals surface area contributed by atoms with E-state index in [-0.39, 0.29) is 0 Å². The minimum Gasteiger partial charge on any atom is -0.328 e. The first kappa shape index (κ1) is 18.4. The molecule has 0 unspecified atom stereocenters. The number of carbonyl (C=O) groups excluding carboxylic acids is 1. The molecule has 0 saturated heterocycles. The Labute approximate surface area is 157 Å². The van der Waals surface area contributed by atoms with Gasteiger partial charge in [-0.2, -0.15) is 0 Å². The van der Waals surface area contributed by atoms with Crippen LogP contribution in [0.4, 0.5) is 0 Å². The normalized spacial score (nSPS) is 11.9. The molecule has 0 bridgehead atoms. The molecule has 136 valence electrons. The van der Waals surface area contributed by atoms with Crippen LogP contribution in [0.25, 0.3) is 16.6 Å². The number of nitrogens with zero attached hydrogens (tertiary/aromatic N) is 2. The van der Waals surface area contributed by atoms with Gasteiger partial charge < -0.3 is 4.57 Å². The fourth-order valence-electron chi connectivity index (χ4n) is 2.87. The van der Waals surface area contributed by atoms with E-state index in [0.717, 1.165) is 27.7 Å². The Morgan fingerprint density at radius 3 is 2.70 bits per heavy atom. The molecule has 2 aromatic heterocycles. The van der Waals surface area contributed by atoms with Gasteiger partial charge in [-0.05, 0) is 42.3 Å². The smallest absolute Gasteiger partial charge is 0.274 e. The van der Waals surface area contributed by atoms with Crippen LogP contribution in [0.1, 0.15) is 28.4 Å². The number of hydrogen-bond donors (Lipinski definition) is 2. The summed E-state index contributed by atoms with van der Waals surface area (Å²) in [5.74, 6) is -0.522. The Kier molecular flexibility index (Phi) is 5.64. The first-order valence-electron chi connectivity index (χ1n) is 8.60. The highest BCUT2D eigenvalue weighted by Gasteiger charge is 2.07. The van der Waals surface area contributed by atoms with Crippen molar-refractivity contribution < 1.29 is 10.0 Å². The highest BCUT2D eigenvalue weighted by Crippen LogP contribution is 2.22. The summed E-state index contributed by atoms with van der Waals surface area (Å²) in [7, 11) is 0. The molecule has 0 radical (unpaired) electrons. The molecule has 0 aliphatic rings. The molecule has 5 nitrogen and oxygen atoms in total. The lowest BCUT2D eigenvalue weighted by atomic mass is 10.1. The number of nitrogens with one attached hydrogen (secondary N) is 1. The van der Waals surface area contributed by atoms with Gasteiger partial charge in [0.05, 0.1) is 0 Å². The summed E-state index contributed by atoms with van der Waals surface area (Å²) in [6, 6.07) is 11.2. The van der Waals surface area contributed by atoms with Gasteiger partial charge in [0.25, 0.3) is 5.91 Å². The van der Waals surface area contributed by atoms with Crippen LogP contribution < -0.4 is 5.48 Å². The maximum absolute atomic E-state index is 11.4. The molecule has 0 aliphatic heterocycles. The average Bonchev–Trinajstić information content (AvgIpc) is 3.10. The van der Waals surface area contributed by atoms with Crippen molar-refractivity contribution in [3.8, 4) is 0 Å². The monoisotopic (exact) mass is 359 g/mol. The molecule has 0 fully saturated rings. The second-order valence-corrected chi connectivity index (χ2v) is 6.07. The second-order valence-electron chi connectivity index (χ2n) is 6.07. The number of aromatic nitrogens is 2. The van der Waals surface area contributed by atoms with Crippen molar-refractivity contribution in [2.24, 2.45) is 0 Å². The molecule has 0 aliphatic carbocycles. The van der Waals surface area contributed by atoms with Crippen LogP contribution in [0.3, 0.4) is 0 Å². The second kappa shape index (κ2) is 8.29. The van der Waals surface area contributed by atoms with Crippen molar-refractivity contribution in [1.82, 2.24) is 15.0 Å². The molecule has 0 spiro atoms. The molecule has 3 aromatic rings. The van der Waals surface area contributed by atoms with Crippen molar-refractivity contribution in [2.45, 2.75) is 13.5 Å².